The minimum atomic E-state index is -0.541. The van der Waals surface area contributed by atoms with E-state index in [1.54, 1.807) is 0 Å². The number of anilines is 3. The maximum absolute atomic E-state index is 6.56. The quantitative estimate of drug-likeness (QED) is 0.151. The van der Waals surface area contributed by atoms with E-state index in [2.05, 4.69) is 272 Å². The molecular weight excluding hydrogens is 847 g/mol. The number of rotatable bonds is 8. The lowest BCUT2D eigenvalue weighted by Gasteiger charge is -2.35. The van der Waals surface area contributed by atoms with Gasteiger partial charge in [0.25, 0.3) is 0 Å². The first-order valence-corrected chi connectivity index (χ1v) is 24.3. The Balaban J connectivity index is 0.998. The molecule has 2 aliphatic rings. The summed E-state index contributed by atoms with van der Waals surface area (Å²) in [5.74, 6) is 0. The van der Waals surface area contributed by atoms with E-state index < -0.39 is 10.8 Å². The minimum Gasteiger partial charge on any atom is -0.455 e. The molecule has 11 aromatic carbocycles. The normalized spacial score (nSPS) is 13.7. The number of furan rings is 1. The number of fused-ring (bicyclic) bond motifs is 9. The van der Waals surface area contributed by atoms with Gasteiger partial charge in [0.15, 0.2) is 0 Å². The standard InChI is InChI=1S/C68H45NO/c1-4-20-47(21-5-1)67(59-32-14-10-26-54(59)55-27-11-15-33-60(55)67)50-40-44-52(45-41-50)69(51-42-38-46(39-43-51)53-30-18-31-57-56-28-13-17-37-64(56)70-66(53)57)63-36-19-35-62-65(63)58-29-12-16-34-61(58)68(62,48-22-6-2-7-23-48)49-24-8-3-9-25-49/h1-45H. The molecule has 0 unspecified atom stereocenters. The van der Waals surface area contributed by atoms with Crippen molar-refractivity contribution in [2.75, 3.05) is 4.90 Å². The van der Waals surface area contributed by atoms with Gasteiger partial charge >= 0.3 is 0 Å². The van der Waals surface area contributed by atoms with E-state index in [1.807, 2.05) is 6.07 Å². The molecule has 1 heterocycles. The van der Waals surface area contributed by atoms with Crippen LogP contribution in [0.5, 0.6) is 0 Å². The van der Waals surface area contributed by atoms with E-state index in [0.717, 1.165) is 50.1 Å². The van der Waals surface area contributed by atoms with Gasteiger partial charge in [-0.15, -0.1) is 0 Å². The molecule has 12 aromatic rings. The van der Waals surface area contributed by atoms with Crippen molar-refractivity contribution in [3.63, 3.8) is 0 Å². The fourth-order valence-corrected chi connectivity index (χ4v) is 12.4. The molecule has 0 saturated heterocycles. The van der Waals surface area contributed by atoms with Gasteiger partial charge < -0.3 is 9.32 Å². The molecule has 0 amide bonds. The average Bonchev–Trinajstić information content (AvgIpc) is 4.08. The van der Waals surface area contributed by atoms with Crippen LogP contribution in [0.4, 0.5) is 17.1 Å². The molecule has 0 fully saturated rings. The van der Waals surface area contributed by atoms with Crippen LogP contribution in [-0.2, 0) is 10.8 Å². The Kier molecular flexibility index (Phi) is 9.06. The second kappa shape index (κ2) is 15.8. The zero-order valence-electron chi connectivity index (χ0n) is 38.3. The predicted molar refractivity (Wildman–Crippen MR) is 288 cm³/mol. The predicted octanol–water partition coefficient (Wildman–Crippen LogP) is 17.4. The molecule has 0 atom stereocenters. The Morgan fingerprint density at radius 2 is 0.700 bits per heavy atom. The van der Waals surface area contributed by atoms with Crippen molar-refractivity contribution in [2.24, 2.45) is 0 Å². The summed E-state index contributed by atoms with van der Waals surface area (Å²) >= 11 is 0. The summed E-state index contributed by atoms with van der Waals surface area (Å²) < 4.78 is 6.56. The first-order chi connectivity index (χ1) is 34.7. The van der Waals surface area contributed by atoms with E-state index in [0.29, 0.717) is 0 Å². The summed E-state index contributed by atoms with van der Waals surface area (Å²) in [6.07, 6.45) is 0. The molecule has 14 rings (SSSR count). The lowest BCUT2D eigenvalue weighted by molar-refractivity contribution is 0.670. The number of para-hydroxylation sites is 2. The maximum Gasteiger partial charge on any atom is 0.143 e. The molecule has 0 spiro atoms. The van der Waals surface area contributed by atoms with Crippen molar-refractivity contribution in [1.82, 2.24) is 0 Å². The van der Waals surface area contributed by atoms with Crippen LogP contribution in [-0.4, -0.2) is 0 Å². The van der Waals surface area contributed by atoms with E-state index in [-0.39, 0.29) is 0 Å². The molecule has 0 bridgehead atoms. The minimum absolute atomic E-state index is 0.505. The van der Waals surface area contributed by atoms with Crippen molar-refractivity contribution >= 4 is 39.0 Å². The number of nitrogens with zero attached hydrogens (tertiary/aromatic N) is 1. The first-order valence-electron chi connectivity index (χ1n) is 24.3. The van der Waals surface area contributed by atoms with Crippen LogP contribution in [0.1, 0.15) is 44.5 Å². The van der Waals surface area contributed by atoms with Crippen LogP contribution in [0.3, 0.4) is 0 Å². The van der Waals surface area contributed by atoms with Gasteiger partial charge in [-0.05, 0) is 103 Å². The van der Waals surface area contributed by atoms with Crippen LogP contribution in [0.2, 0.25) is 0 Å². The summed E-state index contributed by atoms with van der Waals surface area (Å²) in [6.45, 7) is 0. The molecule has 0 saturated carbocycles. The second-order valence-electron chi connectivity index (χ2n) is 18.6. The fourth-order valence-electron chi connectivity index (χ4n) is 12.4. The van der Waals surface area contributed by atoms with Gasteiger partial charge in [-0.25, -0.2) is 0 Å². The Morgan fingerprint density at radius 3 is 1.30 bits per heavy atom. The third kappa shape index (κ3) is 5.68. The maximum atomic E-state index is 6.56. The topological polar surface area (TPSA) is 16.4 Å². The average molecular weight is 892 g/mol. The monoisotopic (exact) mass is 891 g/mol. The largest absolute Gasteiger partial charge is 0.455 e. The Labute approximate surface area is 408 Å². The van der Waals surface area contributed by atoms with Gasteiger partial charge in [0.2, 0.25) is 0 Å². The van der Waals surface area contributed by atoms with Gasteiger partial charge in [0.05, 0.1) is 16.5 Å². The highest BCUT2D eigenvalue weighted by molar-refractivity contribution is 6.09. The highest BCUT2D eigenvalue weighted by atomic mass is 16.3. The van der Waals surface area contributed by atoms with Gasteiger partial charge in [0, 0.05) is 33.3 Å². The summed E-state index contributed by atoms with van der Waals surface area (Å²) in [5.41, 5.74) is 21.3. The van der Waals surface area contributed by atoms with Crippen molar-refractivity contribution in [1.29, 1.82) is 0 Å². The summed E-state index contributed by atoms with van der Waals surface area (Å²) in [5, 5.41) is 2.25. The number of benzene rings is 11. The summed E-state index contributed by atoms with van der Waals surface area (Å²) in [6, 6.07) is 100. The molecular formula is C68H45NO. The number of hydrogen-bond donors (Lipinski definition) is 0. The van der Waals surface area contributed by atoms with Crippen LogP contribution < -0.4 is 4.90 Å². The Bertz CT molecular complexity index is 3840. The molecule has 0 N–H and O–H groups in total. The second-order valence-corrected chi connectivity index (χ2v) is 18.6. The van der Waals surface area contributed by atoms with Crippen LogP contribution in [0.15, 0.2) is 277 Å². The lowest BCUT2D eigenvalue weighted by atomic mass is 9.67. The van der Waals surface area contributed by atoms with Gasteiger partial charge in [-0.3, -0.25) is 0 Å². The molecule has 1 aromatic heterocycles. The fraction of sp³-hybridized carbons (Fsp3) is 0.0294. The molecule has 70 heavy (non-hydrogen) atoms. The first kappa shape index (κ1) is 40.1. The number of hydrogen-bond acceptors (Lipinski definition) is 2. The highest BCUT2D eigenvalue weighted by Crippen LogP contribution is 2.60. The zero-order chi connectivity index (χ0) is 46.2. The van der Waals surface area contributed by atoms with E-state index in [1.165, 1.54) is 66.8 Å². The summed E-state index contributed by atoms with van der Waals surface area (Å²) in [7, 11) is 0. The van der Waals surface area contributed by atoms with Crippen molar-refractivity contribution in [3.05, 3.63) is 317 Å². The SMILES string of the molecule is c1ccc(C2(c3ccc(N(c4ccc(-c5cccc6c5oc5ccccc56)cc4)c4cccc5c4-c4ccccc4C5(c4ccccc4)c4ccccc4)cc3)c3ccccc3-c3ccccc32)cc1. The molecule has 2 aliphatic carbocycles. The van der Waals surface area contributed by atoms with Crippen molar-refractivity contribution < 1.29 is 4.42 Å². The molecule has 0 aliphatic heterocycles. The van der Waals surface area contributed by atoms with Crippen LogP contribution in [0, 0.1) is 0 Å². The Hall–Kier alpha value is -8.98. The van der Waals surface area contributed by atoms with Gasteiger partial charge in [-0.1, -0.05) is 237 Å². The Morgan fingerprint density at radius 1 is 0.286 bits per heavy atom. The lowest BCUT2D eigenvalue weighted by Crippen LogP contribution is -2.28. The van der Waals surface area contributed by atoms with Gasteiger partial charge in [0.1, 0.15) is 11.2 Å². The molecule has 328 valence electrons. The molecule has 0 radical (unpaired) electrons. The van der Waals surface area contributed by atoms with E-state index in [4.69, 9.17) is 4.42 Å². The zero-order valence-corrected chi connectivity index (χ0v) is 38.3. The smallest absolute Gasteiger partial charge is 0.143 e. The molecule has 2 heteroatoms. The molecule has 2 nitrogen and oxygen atoms in total. The van der Waals surface area contributed by atoms with Gasteiger partial charge in [-0.2, -0.15) is 0 Å². The third-order valence-corrected chi connectivity index (χ3v) is 15.3. The van der Waals surface area contributed by atoms with E-state index >= 15 is 0 Å². The van der Waals surface area contributed by atoms with Crippen LogP contribution in [0.25, 0.3) is 55.3 Å². The third-order valence-electron chi connectivity index (χ3n) is 15.3. The van der Waals surface area contributed by atoms with Crippen molar-refractivity contribution in [2.45, 2.75) is 10.8 Å². The van der Waals surface area contributed by atoms with Crippen molar-refractivity contribution in [3.8, 4) is 33.4 Å². The van der Waals surface area contributed by atoms with E-state index in [9.17, 15) is 0 Å². The summed E-state index contributed by atoms with van der Waals surface area (Å²) in [4.78, 5) is 2.47. The highest BCUT2D eigenvalue weighted by Gasteiger charge is 2.48. The van der Waals surface area contributed by atoms with Crippen LogP contribution >= 0.6 is 0 Å².